The molecule has 0 aromatic heterocycles. The van der Waals surface area contributed by atoms with Gasteiger partial charge in [0.15, 0.2) is 4.91 Å². The van der Waals surface area contributed by atoms with Crippen LogP contribution in [0.2, 0.25) is 5.02 Å². The van der Waals surface area contributed by atoms with Crippen LogP contribution >= 0.6 is 11.6 Å². The maximum Gasteiger partial charge on any atom is 0.350 e. The van der Waals surface area contributed by atoms with E-state index in [1.807, 2.05) is 6.20 Å². The van der Waals surface area contributed by atoms with Crippen LogP contribution in [-0.2, 0) is 19.4 Å². The van der Waals surface area contributed by atoms with Crippen LogP contribution in [0.15, 0.2) is 52.4 Å². The summed E-state index contributed by atoms with van der Waals surface area (Å²) in [6, 6.07) is 5.76. The van der Waals surface area contributed by atoms with Crippen LogP contribution in [-0.4, -0.2) is 39.0 Å². The predicted octanol–water partition coefficient (Wildman–Crippen LogP) is 4.73. The second-order valence-electron chi connectivity index (χ2n) is 6.77. The lowest BCUT2D eigenvalue weighted by Crippen LogP contribution is -2.17. The molecule has 0 N–H and O–H groups in total. The van der Waals surface area contributed by atoms with Gasteiger partial charge in [0.2, 0.25) is 9.84 Å². The highest BCUT2D eigenvalue weighted by molar-refractivity contribution is 7.96. The summed E-state index contributed by atoms with van der Waals surface area (Å²) in [5, 5.41) is 0.428. The number of benzene rings is 1. The van der Waals surface area contributed by atoms with Gasteiger partial charge in [-0.3, -0.25) is 0 Å². The Labute approximate surface area is 172 Å². The first-order valence-corrected chi connectivity index (χ1v) is 11.6. The zero-order valence-corrected chi connectivity index (χ0v) is 17.8. The number of carbonyl (C=O) groups is 1. The first-order chi connectivity index (χ1) is 13.4. The Kier molecular flexibility index (Phi) is 9.06. The fourth-order valence-electron chi connectivity index (χ4n) is 2.92. The number of rotatable bonds is 10. The zero-order valence-electron chi connectivity index (χ0n) is 16.3. The van der Waals surface area contributed by atoms with Gasteiger partial charge in [-0.25, -0.2) is 13.2 Å². The number of unbranched alkanes of at least 4 members (excludes halogenated alkanes) is 3. The molecule has 0 radical (unpaired) electrons. The fraction of sp³-hybridized carbons (Fsp3) is 0.476. The molecule has 1 heterocycles. The molecule has 0 amide bonds. The number of hydrogen-bond donors (Lipinski definition) is 0. The number of hydrogen-bond acceptors (Lipinski definition) is 5. The molecule has 1 aliphatic rings. The molecule has 1 aliphatic heterocycles. The summed E-state index contributed by atoms with van der Waals surface area (Å²) in [6.07, 6.45) is 10.8. The fourth-order valence-corrected chi connectivity index (χ4v) is 4.33. The molecule has 2 rings (SSSR count). The van der Waals surface area contributed by atoms with Crippen LogP contribution in [0.3, 0.4) is 0 Å². The van der Waals surface area contributed by atoms with Gasteiger partial charge in [0.05, 0.1) is 11.5 Å². The van der Waals surface area contributed by atoms with Gasteiger partial charge in [-0.05, 0) is 61.9 Å². The number of allylic oxidation sites excluding steroid dienone is 2. The lowest BCUT2D eigenvalue weighted by molar-refractivity contribution is -0.138. The minimum Gasteiger partial charge on any atom is -0.462 e. The molecule has 7 heteroatoms. The number of ether oxygens (including phenoxy) is 1. The predicted molar refractivity (Wildman–Crippen MR) is 112 cm³/mol. The van der Waals surface area contributed by atoms with Crippen molar-refractivity contribution in [2.24, 2.45) is 0 Å². The maximum atomic E-state index is 13.0. The average molecular weight is 426 g/mol. The number of carbonyl (C=O) groups excluding carboxylic acids is 1. The molecule has 0 atom stereocenters. The first kappa shape index (κ1) is 22.5. The Bertz CT molecular complexity index is 794. The molecule has 1 aromatic carbocycles. The monoisotopic (exact) mass is 425 g/mol. The SMILES string of the molecule is CCCCCCOC(=O)/C(=C\C=C\N1CCCC1)S(=O)(=O)c1ccc(Cl)cc1. The van der Waals surface area contributed by atoms with Gasteiger partial charge in [-0.2, -0.15) is 0 Å². The van der Waals surface area contributed by atoms with Gasteiger partial charge in [0.1, 0.15) is 0 Å². The van der Waals surface area contributed by atoms with Crippen molar-refractivity contribution in [3.63, 3.8) is 0 Å². The lowest BCUT2D eigenvalue weighted by atomic mass is 10.2. The summed E-state index contributed by atoms with van der Waals surface area (Å²) >= 11 is 5.85. The molecule has 1 fully saturated rings. The molecule has 1 saturated heterocycles. The van der Waals surface area contributed by atoms with Crippen molar-refractivity contribution in [1.29, 1.82) is 0 Å². The van der Waals surface area contributed by atoms with Crippen molar-refractivity contribution in [3.8, 4) is 0 Å². The summed E-state index contributed by atoms with van der Waals surface area (Å²) < 4.78 is 31.2. The maximum absolute atomic E-state index is 13.0. The van der Waals surface area contributed by atoms with Crippen molar-refractivity contribution >= 4 is 27.4 Å². The standard InChI is InChI=1S/C21H28ClNO4S/c1-2-3-4-7-17-27-21(24)20(9-8-16-23-14-5-6-15-23)28(25,26)19-12-10-18(22)11-13-19/h8-13,16H,2-7,14-15,17H2,1H3/b16-8+,20-9+. The van der Waals surface area contributed by atoms with Crippen molar-refractivity contribution in [1.82, 2.24) is 4.90 Å². The Morgan fingerprint density at radius 1 is 1.14 bits per heavy atom. The summed E-state index contributed by atoms with van der Waals surface area (Å²) in [4.78, 5) is 14.3. The minimum atomic E-state index is -4.00. The van der Waals surface area contributed by atoms with Crippen molar-refractivity contribution in [3.05, 3.63) is 52.5 Å². The highest BCUT2D eigenvalue weighted by Gasteiger charge is 2.28. The van der Waals surface area contributed by atoms with Gasteiger partial charge in [0.25, 0.3) is 0 Å². The average Bonchev–Trinajstić information content (AvgIpc) is 3.18. The molecule has 28 heavy (non-hydrogen) atoms. The van der Waals surface area contributed by atoms with Crippen LogP contribution in [0.1, 0.15) is 45.4 Å². The molecule has 0 saturated carbocycles. The van der Waals surface area contributed by atoms with Gasteiger partial charge in [-0.15, -0.1) is 0 Å². The van der Waals surface area contributed by atoms with E-state index in [0.29, 0.717) is 5.02 Å². The summed E-state index contributed by atoms with van der Waals surface area (Å²) in [6.45, 7) is 4.18. The Morgan fingerprint density at radius 3 is 2.46 bits per heavy atom. The van der Waals surface area contributed by atoms with E-state index in [1.165, 1.54) is 30.3 Å². The number of nitrogens with zero attached hydrogens (tertiary/aromatic N) is 1. The van der Waals surface area contributed by atoms with E-state index in [4.69, 9.17) is 16.3 Å². The molecular weight excluding hydrogens is 398 g/mol. The van der Waals surface area contributed by atoms with E-state index < -0.39 is 15.8 Å². The highest BCUT2D eigenvalue weighted by Crippen LogP contribution is 2.23. The highest BCUT2D eigenvalue weighted by atomic mass is 35.5. The molecule has 0 unspecified atom stereocenters. The van der Waals surface area contributed by atoms with Crippen molar-refractivity contribution in [2.75, 3.05) is 19.7 Å². The van der Waals surface area contributed by atoms with E-state index in [2.05, 4.69) is 11.8 Å². The number of likely N-dealkylation sites (tertiary alicyclic amines) is 1. The summed E-state index contributed by atoms with van der Waals surface area (Å²) in [5.74, 6) is -0.822. The topological polar surface area (TPSA) is 63.7 Å². The molecular formula is C21H28ClNO4S. The van der Waals surface area contributed by atoms with Crippen LogP contribution in [0.5, 0.6) is 0 Å². The van der Waals surface area contributed by atoms with Crippen LogP contribution in [0.25, 0.3) is 0 Å². The van der Waals surface area contributed by atoms with Crippen LogP contribution in [0, 0.1) is 0 Å². The van der Waals surface area contributed by atoms with E-state index in [0.717, 1.165) is 51.6 Å². The van der Waals surface area contributed by atoms with Gasteiger partial charge < -0.3 is 9.64 Å². The number of esters is 1. The number of sulfone groups is 1. The van der Waals surface area contributed by atoms with E-state index in [1.54, 1.807) is 6.08 Å². The molecule has 154 valence electrons. The number of halogens is 1. The van der Waals surface area contributed by atoms with Crippen molar-refractivity contribution in [2.45, 2.75) is 50.3 Å². The lowest BCUT2D eigenvalue weighted by Gasteiger charge is -2.11. The van der Waals surface area contributed by atoms with Crippen LogP contribution in [0.4, 0.5) is 0 Å². The summed E-state index contributed by atoms with van der Waals surface area (Å²) in [7, 11) is -4.00. The largest absolute Gasteiger partial charge is 0.462 e. The quantitative estimate of drug-likeness (QED) is 0.234. The molecule has 0 bridgehead atoms. The van der Waals surface area contributed by atoms with Gasteiger partial charge >= 0.3 is 5.97 Å². The Morgan fingerprint density at radius 2 is 1.82 bits per heavy atom. The summed E-state index contributed by atoms with van der Waals surface area (Å²) in [5.41, 5.74) is 0. The van der Waals surface area contributed by atoms with Gasteiger partial charge in [0, 0.05) is 18.1 Å². The molecule has 1 aromatic rings. The Balaban J connectivity index is 2.19. The van der Waals surface area contributed by atoms with E-state index >= 15 is 0 Å². The molecule has 0 spiro atoms. The minimum absolute atomic E-state index is 0.0145. The third kappa shape index (κ3) is 6.67. The van der Waals surface area contributed by atoms with E-state index in [9.17, 15) is 13.2 Å². The third-order valence-corrected chi connectivity index (χ3v) is 6.56. The van der Waals surface area contributed by atoms with Gasteiger partial charge in [-0.1, -0.05) is 37.8 Å². The second-order valence-corrected chi connectivity index (χ2v) is 9.12. The van der Waals surface area contributed by atoms with Crippen molar-refractivity contribution < 1.29 is 17.9 Å². The normalized spacial score (nSPS) is 15.4. The Hall–Kier alpha value is -1.79. The third-order valence-electron chi connectivity index (χ3n) is 4.53. The second kappa shape index (κ2) is 11.3. The molecule has 5 nitrogen and oxygen atoms in total. The first-order valence-electron chi connectivity index (χ1n) is 9.75. The smallest absolute Gasteiger partial charge is 0.350 e. The zero-order chi connectivity index (χ0) is 20.4. The molecule has 0 aliphatic carbocycles. The van der Waals surface area contributed by atoms with Crippen LogP contribution < -0.4 is 0 Å². The van der Waals surface area contributed by atoms with E-state index in [-0.39, 0.29) is 16.4 Å².